The minimum atomic E-state index is -1.41. The quantitative estimate of drug-likeness (QED) is 0.438. The summed E-state index contributed by atoms with van der Waals surface area (Å²) in [6, 6.07) is 13.8. The van der Waals surface area contributed by atoms with Gasteiger partial charge in [-0.1, -0.05) is 35.4 Å². The van der Waals surface area contributed by atoms with Crippen LogP contribution in [0.5, 0.6) is 11.8 Å². The molecule has 9 nitrogen and oxygen atoms in total. The molecule has 3 aromatic rings. The summed E-state index contributed by atoms with van der Waals surface area (Å²) in [5.74, 6) is 1.41. The lowest BCUT2D eigenvalue weighted by atomic mass is 9.89. The summed E-state index contributed by atoms with van der Waals surface area (Å²) >= 11 is 0. The number of aliphatic hydroxyl groups is 4. The largest absolute Gasteiger partial charge is 0.424 e. The minimum Gasteiger partial charge on any atom is -0.424 e. The molecule has 1 aliphatic heterocycles. The van der Waals surface area contributed by atoms with E-state index >= 15 is 0 Å². The molecule has 4 N–H and O–H groups in total. The number of aromatic nitrogens is 3. The van der Waals surface area contributed by atoms with Crippen LogP contribution in [-0.4, -0.2) is 66.2 Å². The van der Waals surface area contributed by atoms with E-state index in [9.17, 15) is 20.4 Å². The highest BCUT2D eigenvalue weighted by atomic mass is 16.5. The third kappa shape index (κ3) is 4.78. The SMILES string of the molecule is Cc1ccc([C@@H]2O[C@H](CO)[C@@H](O)[C@H](O)[C@H]2O)cc1Cc1ccc(Oc2nnc(C)n2C)cc1. The number of ether oxygens (including phenoxy) is 2. The minimum absolute atomic E-state index is 0.420. The van der Waals surface area contributed by atoms with Crippen LogP contribution in [0.2, 0.25) is 0 Å². The van der Waals surface area contributed by atoms with Gasteiger partial charge in [0.2, 0.25) is 0 Å². The van der Waals surface area contributed by atoms with Crippen LogP contribution < -0.4 is 4.74 Å². The van der Waals surface area contributed by atoms with Crippen molar-refractivity contribution < 1.29 is 29.9 Å². The van der Waals surface area contributed by atoms with E-state index in [4.69, 9.17) is 9.47 Å². The molecule has 1 aliphatic rings. The molecule has 0 saturated carbocycles. The number of hydrogen-bond acceptors (Lipinski definition) is 8. The van der Waals surface area contributed by atoms with Gasteiger partial charge in [-0.2, -0.15) is 0 Å². The van der Waals surface area contributed by atoms with Gasteiger partial charge in [0.1, 0.15) is 42.1 Å². The van der Waals surface area contributed by atoms with E-state index in [2.05, 4.69) is 10.2 Å². The first-order chi connectivity index (χ1) is 15.8. The molecule has 2 aromatic carbocycles. The van der Waals surface area contributed by atoms with Crippen LogP contribution in [0.4, 0.5) is 0 Å². The van der Waals surface area contributed by atoms with E-state index < -0.39 is 37.1 Å². The molecule has 0 bridgehead atoms. The Balaban J connectivity index is 1.51. The van der Waals surface area contributed by atoms with Crippen molar-refractivity contribution in [3.05, 3.63) is 70.5 Å². The smallest absolute Gasteiger partial charge is 0.322 e. The molecule has 0 aliphatic carbocycles. The zero-order chi connectivity index (χ0) is 23.7. The zero-order valence-electron chi connectivity index (χ0n) is 18.8. The molecular weight excluding hydrogens is 426 g/mol. The predicted octanol–water partition coefficient (Wildman–Crippen LogP) is 1.33. The van der Waals surface area contributed by atoms with Gasteiger partial charge in [0.25, 0.3) is 0 Å². The van der Waals surface area contributed by atoms with Crippen molar-refractivity contribution in [1.29, 1.82) is 0 Å². The molecule has 2 heterocycles. The molecule has 0 amide bonds. The molecule has 5 atom stereocenters. The Hall–Kier alpha value is -2.82. The fraction of sp³-hybridized carbons (Fsp3) is 0.417. The van der Waals surface area contributed by atoms with Crippen molar-refractivity contribution in [2.45, 2.75) is 50.8 Å². The molecule has 33 heavy (non-hydrogen) atoms. The first-order valence-corrected chi connectivity index (χ1v) is 10.8. The molecule has 1 aromatic heterocycles. The van der Waals surface area contributed by atoms with Crippen molar-refractivity contribution in [1.82, 2.24) is 14.8 Å². The van der Waals surface area contributed by atoms with E-state index in [0.717, 1.165) is 22.5 Å². The maximum absolute atomic E-state index is 10.5. The fourth-order valence-corrected chi connectivity index (χ4v) is 3.91. The van der Waals surface area contributed by atoms with E-state index in [1.54, 1.807) is 4.57 Å². The van der Waals surface area contributed by atoms with Crippen LogP contribution in [0.3, 0.4) is 0 Å². The van der Waals surface area contributed by atoms with Crippen LogP contribution in [0, 0.1) is 13.8 Å². The monoisotopic (exact) mass is 455 g/mol. The van der Waals surface area contributed by atoms with Crippen molar-refractivity contribution >= 4 is 0 Å². The van der Waals surface area contributed by atoms with Gasteiger partial charge in [0.15, 0.2) is 0 Å². The Labute approximate surface area is 191 Å². The number of rotatable bonds is 6. The highest BCUT2D eigenvalue weighted by molar-refractivity contribution is 5.38. The lowest BCUT2D eigenvalue weighted by molar-refractivity contribution is -0.231. The standard InChI is InChI=1S/C24H29N3O6/c1-13-4-7-16(23-22(31)21(30)20(29)19(12-28)33-23)11-17(13)10-15-5-8-18(9-6-15)32-24-26-25-14(2)27(24)3/h4-9,11,19-23,28-31H,10,12H2,1-3H3/t19-,20-,21+,22-,23+/m1/s1. The fourth-order valence-electron chi connectivity index (χ4n) is 3.91. The second-order valence-corrected chi connectivity index (χ2v) is 8.45. The molecule has 1 fully saturated rings. The Morgan fingerprint density at radius 2 is 1.70 bits per heavy atom. The Kier molecular flexibility index (Phi) is 6.78. The summed E-state index contributed by atoms with van der Waals surface area (Å²) in [5, 5.41) is 48.1. The summed E-state index contributed by atoms with van der Waals surface area (Å²) < 4.78 is 13.3. The van der Waals surface area contributed by atoms with Gasteiger partial charge >= 0.3 is 6.01 Å². The van der Waals surface area contributed by atoms with E-state index in [1.807, 2.05) is 63.4 Å². The van der Waals surface area contributed by atoms with Gasteiger partial charge in [0, 0.05) is 7.05 Å². The third-order valence-corrected chi connectivity index (χ3v) is 6.17. The Morgan fingerprint density at radius 3 is 2.33 bits per heavy atom. The van der Waals surface area contributed by atoms with Crippen LogP contribution >= 0.6 is 0 Å². The number of nitrogens with zero attached hydrogens (tertiary/aromatic N) is 3. The van der Waals surface area contributed by atoms with Crippen molar-refractivity contribution in [2.75, 3.05) is 6.61 Å². The van der Waals surface area contributed by atoms with E-state index in [0.29, 0.717) is 23.7 Å². The lowest BCUT2D eigenvalue weighted by Gasteiger charge is -2.40. The molecule has 176 valence electrons. The van der Waals surface area contributed by atoms with Gasteiger partial charge in [-0.3, -0.25) is 4.57 Å². The molecule has 0 spiro atoms. The van der Waals surface area contributed by atoms with Crippen LogP contribution in [0.1, 0.15) is 34.2 Å². The van der Waals surface area contributed by atoms with Crippen molar-refractivity contribution in [2.24, 2.45) is 7.05 Å². The predicted molar refractivity (Wildman–Crippen MR) is 119 cm³/mol. The first kappa shape index (κ1) is 23.3. The highest BCUT2D eigenvalue weighted by Crippen LogP contribution is 2.33. The zero-order valence-corrected chi connectivity index (χ0v) is 18.8. The Morgan fingerprint density at radius 1 is 0.970 bits per heavy atom. The van der Waals surface area contributed by atoms with Gasteiger partial charge in [-0.25, -0.2) is 0 Å². The topological polar surface area (TPSA) is 130 Å². The van der Waals surface area contributed by atoms with Crippen molar-refractivity contribution in [3.8, 4) is 11.8 Å². The van der Waals surface area contributed by atoms with Crippen LogP contribution in [0.15, 0.2) is 42.5 Å². The number of benzene rings is 2. The van der Waals surface area contributed by atoms with E-state index in [1.165, 1.54) is 0 Å². The lowest BCUT2D eigenvalue weighted by Crippen LogP contribution is -2.55. The molecule has 0 radical (unpaired) electrons. The van der Waals surface area contributed by atoms with Gasteiger partial charge in [0.05, 0.1) is 6.61 Å². The second-order valence-electron chi connectivity index (χ2n) is 8.45. The molecular formula is C24H29N3O6. The normalized spacial score (nSPS) is 25.2. The summed E-state index contributed by atoms with van der Waals surface area (Å²) in [7, 11) is 1.84. The van der Waals surface area contributed by atoms with Crippen LogP contribution in [-0.2, 0) is 18.2 Å². The maximum atomic E-state index is 10.5. The van der Waals surface area contributed by atoms with Crippen molar-refractivity contribution in [3.63, 3.8) is 0 Å². The average Bonchev–Trinajstić information content (AvgIpc) is 3.13. The Bertz CT molecular complexity index is 1100. The third-order valence-electron chi connectivity index (χ3n) is 6.17. The van der Waals surface area contributed by atoms with E-state index in [-0.39, 0.29) is 0 Å². The van der Waals surface area contributed by atoms with Gasteiger partial charge in [-0.15, -0.1) is 5.10 Å². The second kappa shape index (κ2) is 9.58. The summed E-state index contributed by atoms with van der Waals surface area (Å²) in [6.07, 6.45) is -5.25. The average molecular weight is 456 g/mol. The number of aliphatic hydroxyl groups excluding tert-OH is 4. The summed E-state index contributed by atoms with van der Waals surface area (Å²) in [4.78, 5) is 0. The summed E-state index contributed by atoms with van der Waals surface area (Å²) in [5.41, 5.74) is 3.83. The number of hydrogen-bond donors (Lipinski definition) is 4. The van der Waals surface area contributed by atoms with Gasteiger partial charge < -0.3 is 29.9 Å². The molecule has 9 heteroatoms. The maximum Gasteiger partial charge on any atom is 0.322 e. The number of aryl methyl sites for hydroxylation is 2. The highest BCUT2D eigenvalue weighted by Gasteiger charge is 2.43. The first-order valence-electron chi connectivity index (χ1n) is 10.8. The van der Waals surface area contributed by atoms with Crippen LogP contribution in [0.25, 0.3) is 0 Å². The molecule has 4 rings (SSSR count). The molecule has 0 unspecified atom stereocenters. The van der Waals surface area contributed by atoms with Gasteiger partial charge in [-0.05, 0) is 54.7 Å². The summed E-state index contributed by atoms with van der Waals surface area (Å²) in [6.45, 7) is 3.40. The molecule has 1 saturated heterocycles.